The third-order valence-electron chi connectivity index (χ3n) is 2.78. The van der Waals surface area contributed by atoms with Crippen LogP contribution in [0.3, 0.4) is 0 Å². The monoisotopic (exact) mass is 330 g/mol. The van der Waals surface area contributed by atoms with Crippen LogP contribution in [0.5, 0.6) is 0 Å². The minimum atomic E-state index is -3.90. The number of benzene rings is 1. The Morgan fingerprint density at radius 1 is 1.27 bits per heavy atom. The topological polar surface area (TPSA) is 92.3 Å². The normalized spacial score (nSPS) is 12.9. The van der Waals surface area contributed by atoms with E-state index in [1.165, 1.54) is 0 Å². The molecule has 0 aliphatic carbocycles. The molecule has 1 aromatic carbocycles. The first kappa shape index (κ1) is 18.2. The number of hydrogen-bond donors (Lipinski definition) is 2. The lowest BCUT2D eigenvalue weighted by Gasteiger charge is -2.15. The van der Waals surface area contributed by atoms with E-state index in [1.54, 1.807) is 0 Å². The molecule has 0 heterocycles. The fourth-order valence-corrected chi connectivity index (χ4v) is 2.75. The molecule has 0 saturated carbocycles. The molecule has 2 N–H and O–H groups in total. The van der Waals surface area contributed by atoms with Gasteiger partial charge in [0.1, 0.15) is 12.1 Å². The van der Waals surface area contributed by atoms with Gasteiger partial charge in [0.15, 0.2) is 0 Å². The standard InChI is InChI=1S/C14H19FN2O4S/c1-10(2)7-12(9-18)17-14(19)8-16-22(20,21)13-5-3-11(15)4-6-13/h3-6,9-10,12,16H,7-8H2,1-2H3,(H,17,19)/t12-/m0/s1. The van der Waals surface area contributed by atoms with Crippen molar-refractivity contribution in [2.45, 2.75) is 31.2 Å². The van der Waals surface area contributed by atoms with Crippen LogP contribution in [-0.2, 0) is 19.6 Å². The number of carbonyl (C=O) groups is 2. The van der Waals surface area contributed by atoms with Crippen LogP contribution in [0.1, 0.15) is 20.3 Å². The second-order valence-corrected chi connectivity index (χ2v) is 6.99. The maximum Gasteiger partial charge on any atom is 0.241 e. The number of sulfonamides is 1. The van der Waals surface area contributed by atoms with Crippen molar-refractivity contribution in [1.82, 2.24) is 10.0 Å². The predicted molar refractivity (Wildman–Crippen MR) is 79.0 cm³/mol. The molecule has 1 atom stereocenters. The highest BCUT2D eigenvalue weighted by atomic mass is 32.2. The molecule has 6 nitrogen and oxygen atoms in total. The first-order chi connectivity index (χ1) is 10.2. The van der Waals surface area contributed by atoms with Gasteiger partial charge in [0.05, 0.1) is 17.5 Å². The van der Waals surface area contributed by atoms with E-state index in [1.807, 2.05) is 13.8 Å². The van der Waals surface area contributed by atoms with E-state index in [0.29, 0.717) is 12.7 Å². The number of rotatable bonds is 8. The van der Waals surface area contributed by atoms with Crippen molar-refractivity contribution in [1.29, 1.82) is 0 Å². The summed E-state index contributed by atoms with van der Waals surface area (Å²) in [5.74, 6) is -0.950. The van der Waals surface area contributed by atoms with Crippen LogP contribution in [0, 0.1) is 11.7 Å². The fourth-order valence-electron chi connectivity index (χ4n) is 1.77. The highest BCUT2D eigenvalue weighted by Crippen LogP contribution is 2.09. The van der Waals surface area contributed by atoms with E-state index in [2.05, 4.69) is 10.0 Å². The van der Waals surface area contributed by atoms with E-state index < -0.39 is 34.3 Å². The Morgan fingerprint density at radius 3 is 2.36 bits per heavy atom. The van der Waals surface area contributed by atoms with Gasteiger partial charge in [-0.1, -0.05) is 13.8 Å². The van der Waals surface area contributed by atoms with E-state index >= 15 is 0 Å². The van der Waals surface area contributed by atoms with Crippen molar-refractivity contribution in [3.8, 4) is 0 Å². The molecule has 0 aliphatic rings. The highest BCUT2D eigenvalue weighted by molar-refractivity contribution is 7.89. The van der Waals surface area contributed by atoms with Crippen molar-refractivity contribution in [3.05, 3.63) is 30.1 Å². The van der Waals surface area contributed by atoms with Crippen molar-refractivity contribution < 1.29 is 22.4 Å². The largest absolute Gasteiger partial charge is 0.345 e. The van der Waals surface area contributed by atoms with Crippen LogP contribution >= 0.6 is 0 Å². The van der Waals surface area contributed by atoms with E-state index in [0.717, 1.165) is 24.3 Å². The van der Waals surface area contributed by atoms with Gasteiger partial charge in [0, 0.05) is 0 Å². The summed E-state index contributed by atoms with van der Waals surface area (Å²) in [6.07, 6.45) is 1.09. The molecule has 0 aliphatic heterocycles. The number of nitrogens with one attached hydrogen (secondary N) is 2. The first-order valence-electron chi connectivity index (χ1n) is 6.74. The Morgan fingerprint density at radius 2 is 1.86 bits per heavy atom. The summed E-state index contributed by atoms with van der Waals surface area (Å²) in [6.45, 7) is 3.31. The number of halogens is 1. The third kappa shape index (κ3) is 5.90. The number of aldehydes is 1. The average molecular weight is 330 g/mol. The van der Waals surface area contributed by atoms with Crippen LogP contribution in [0.2, 0.25) is 0 Å². The molecule has 122 valence electrons. The molecule has 0 aromatic heterocycles. The zero-order chi connectivity index (χ0) is 16.8. The average Bonchev–Trinajstić information content (AvgIpc) is 2.44. The van der Waals surface area contributed by atoms with Crippen LogP contribution in [0.4, 0.5) is 4.39 Å². The number of hydrogen-bond acceptors (Lipinski definition) is 4. The summed E-state index contributed by atoms with van der Waals surface area (Å²) in [7, 11) is -3.90. The van der Waals surface area contributed by atoms with Crippen LogP contribution in [0.15, 0.2) is 29.2 Å². The van der Waals surface area contributed by atoms with Crippen LogP contribution in [0.25, 0.3) is 0 Å². The van der Waals surface area contributed by atoms with Crippen molar-refractivity contribution in [3.63, 3.8) is 0 Å². The summed E-state index contributed by atoms with van der Waals surface area (Å²) in [6, 6.07) is 3.58. The van der Waals surface area contributed by atoms with Crippen LogP contribution < -0.4 is 10.0 Å². The zero-order valence-electron chi connectivity index (χ0n) is 12.4. The highest BCUT2D eigenvalue weighted by Gasteiger charge is 2.17. The molecular formula is C14H19FN2O4S. The molecule has 0 saturated heterocycles. The maximum absolute atomic E-state index is 12.8. The Balaban J connectivity index is 2.59. The second kappa shape index (κ2) is 8.00. The van der Waals surface area contributed by atoms with Gasteiger partial charge in [-0.15, -0.1) is 0 Å². The smallest absolute Gasteiger partial charge is 0.241 e. The summed E-state index contributed by atoms with van der Waals surface area (Å²) < 4.78 is 38.7. The predicted octanol–water partition coefficient (Wildman–Crippen LogP) is 0.834. The Bertz CT molecular complexity index is 614. The number of carbonyl (C=O) groups excluding carboxylic acids is 2. The van der Waals surface area contributed by atoms with E-state index in [-0.39, 0.29) is 10.8 Å². The van der Waals surface area contributed by atoms with Gasteiger partial charge in [-0.2, -0.15) is 0 Å². The van der Waals surface area contributed by atoms with Gasteiger partial charge in [0.2, 0.25) is 15.9 Å². The summed E-state index contributed by atoms with van der Waals surface area (Å²) in [5, 5.41) is 2.44. The van der Waals surface area contributed by atoms with Gasteiger partial charge in [-0.25, -0.2) is 17.5 Å². The second-order valence-electron chi connectivity index (χ2n) is 5.22. The quantitative estimate of drug-likeness (QED) is 0.691. The summed E-state index contributed by atoms with van der Waals surface area (Å²) in [5.41, 5.74) is 0. The molecule has 1 rings (SSSR count). The summed E-state index contributed by atoms with van der Waals surface area (Å²) in [4.78, 5) is 22.4. The third-order valence-corrected chi connectivity index (χ3v) is 4.20. The lowest BCUT2D eigenvalue weighted by molar-refractivity contribution is -0.123. The first-order valence-corrected chi connectivity index (χ1v) is 8.23. The molecule has 0 bridgehead atoms. The molecule has 0 spiro atoms. The maximum atomic E-state index is 12.8. The van der Waals surface area contributed by atoms with Gasteiger partial charge in [-0.05, 0) is 36.6 Å². The molecule has 22 heavy (non-hydrogen) atoms. The number of amides is 1. The Kier molecular flexibility index (Phi) is 6.63. The van der Waals surface area contributed by atoms with Gasteiger partial charge < -0.3 is 10.1 Å². The van der Waals surface area contributed by atoms with Crippen molar-refractivity contribution >= 4 is 22.2 Å². The van der Waals surface area contributed by atoms with E-state index in [9.17, 15) is 22.4 Å². The lowest BCUT2D eigenvalue weighted by atomic mass is 10.1. The van der Waals surface area contributed by atoms with E-state index in [4.69, 9.17) is 0 Å². The molecule has 8 heteroatoms. The molecule has 0 unspecified atom stereocenters. The SMILES string of the molecule is CC(C)C[C@@H](C=O)NC(=O)CNS(=O)(=O)c1ccc(F)cc1. The Labute approximate surface area is 129 Å². The zero-order valence-corrected chi connectivity index (χ0v) is 13.2. The minimum Gasteiger partial charge on any atom is -0.345 e. The molecular weight excluding hydrogens is 311 g/mol. The molecule has 1 aromatic rings. The van der Waals surface area contributed by atoms with Crippen molar-refractivity contribution in [2.75, 3.05) is 6.54 Å². The molecule has 0 radical (unpaired) electrons. The molecule has 1 amide bonds. The Hall–Kier alpha value is -1.80. The molecule has 0 fully saturated rings. The van der Waals surface area contributed by atoms with Gasteiger partial charge in [-0.3, -0.25) is 4.79 Å². The van der Waals surface area contributed by atoms with Gasteiger partial charge in [0.25, 0.3) is 0 Å². The minimum absolute atomic E-state index is 0.143. The summed E-state index contributed by atoms with van der Waals surface area (Å²) >= 11 is 0. The lowest BCUT2D eigenvalue weighted by Crippen LogP contribution is -2.43. The van der Waals surface area contributed by atoms with Crippen molar-refractivity contribution in [2.24, 2.45) is 5.92 Å². The fraction of sp³-hybridized carbons (Fsp3) is 0.429. The van der Waals surface area contributed by atoms with Gasteiger partial charge >= 0.3 is 0 Å². The van der Waals surface area contributed by atoms with Crippen LogP contribution in [-0.4, -0.2) is 33.2 Å².